The fourth-order valence-corrected chi connectivity index (χ4v) is 6.25. The monoisotopic (exact) mass is 540 g/mol. The Morgan fingerprint density at radius 3 is 2.03 bits per heavy atom. The second-order valence-corrected chi connectivity index (χ2v) is 12.8. The molecule has 0 unspecified atom stereocenters. The predicted molar refractivity (Wildman–Crippen MR) is 131 cm³/mol. The van der Waals surface area contributed by atoms with Gasteiger partial charge in [-0.3, -0.25) is 0 Å². The summed E-state index contributed by atoms with van der Waals surface area (Å²) in [5.41, 5.74) is 0. The number of nitriles is 1. The van der Waals surface area contributed by atoms with Crippen LogP contribution in [0.3, 0.4) is 0 Å². The van der Waals surface area contributed by atoms with E-state index in [1.165, 1.54) is 71.0 Å². The first-order valence-corrected chi connectivity index (χ1v) is 14.3. The Balaban J connectivity index is 1.90. The molecular formula is C22H18Cl2N2O4S3. The van der Waals surface area contributed by atoms with E-state index in [0.29, 0.717) is 10.0 Å². The minimum atomic E-state index is -4.11. The number of hydrogen-bond acceptors (Lipinski definition) is 7. The summed E-state index contributed by atoms with van der Waals surface area (Å²) in [7, 11) is -7.77. The van der Waals surface area contributed by atoms with Gasteiger partial charge in [0.2, 0.25) is 9.84 Å². The summed E-state index contributed by atoms with van der Waals surface area (Å²) in [6.45, 7) is 0.222. The van der Waals surface area contributed by atoms with Crippen molar-refractivity contribution in [3.8, 4) is 6.07 Å². The standard InChI is InChI=1S/C22H18Cl2N2O4S3/c23-17-3-7-20(8-4-17)32(27,28)13-11-26(15-19-2-1-12-31-19)16-22(14-25)33(29,30)21-9-5-18(24)6-10-21/h1-10,12,16H,11,13,15H2/b22-16+. The maximum atomic E-state index is 13.0. The molecule has 0 atom stereocenters. The molecule has 33 heavy (non-hydrogen) atoms. The van der Waals surface area contributed by atoms with Crippen LogP contribution in [0, 0.1) is 11.3 Å². The number of benzene rings is 2. The molecule has 6 nitrogen and oxygen atoms in total. The van der Waals surface area contributed by atoms with Crippen molar-refractivity contribution in [2.45, 2.75) is 16.3 Å². The SMILES string of the molecule is N#C/C(=C\N(CCS(=O)(=O)c1ccc(Cl)cc1)Cc1cccs1)S(=O)(=O)c1ccc(Cl)cc1. The number of hydrogen-bond donors (Lipinski definition) is 0. The van der Waals surface area contributed by atoms with E-state index in [2.05, 4.69) is 0 Å². The Hall–Kier alpha value is -2.35. The van der Waals surface area contributed by atoms with Crippen molar-refractivity contribution in [3.05, 3.63) is 92.1 Å². The average molecular weight is 542 g/mol. The second kappa shape index (κ2) is 10.7. The fourth-order valence-electron chi connectivity index (χ4n) is 2.85. The van der Waals surface area contributed by atoms with Crippen LogP contribution in [0.15, 0.2) is 86.9 Å². The molecule has 0 aliphatic carbocycles. The smallest absolute Gasteiger partial charge is 0.218 e. The normalized spacial score (nSPS) is 12.3. The summed E-state index contributed by atoms with van der Waals surface area (Å²) in [6.07, 6.45) is 1.20. The third-order valence-electron chi connectivity index (χ3n) is 4.58. The van der Waals surface area contributed by atoms with Crippen LogP contribution in [0.2, 0.25) is 10.0 Å². The Kier molecular flexibility index (Phi) is 8.21. The van der Waals surface area contributed by atoms with E-state index < -0.39 is 24.6 Å². The van der Waals surface area contributed by atoms with E-state index in [0.717, 1.165) is 4.88 Å². The van der Waals surface area contributed by atoms with Crippen LogP contribution >= 0.6 is 34.5 Å². The summed E-state index contributed by atoms with van der Waals surface area (Å²) in [5, 5.41) is 12.2. The highest BCUT2D eigenvalue weighted by molar-refractivity contribution is 7.95. The van der Waals surface area contributed by atoms with Crippen LogP contribution < -0.4 is 0 Å². The van der Waals surface area contributed by atoms with Crippen molar-refractivity contribution < 1.29 is 16.8 Å². The molecule has 1 heterocycles. The highest BCUT2D eigenvalue weighted by Gasteiger charge is 2.23. The lowest BCUT2D eigenvalue weighted by Gasteiger charge is -2.20. The molecule has 0 aliphatic heterocycles. The summed E-state index contributed by atoms with van der Waals surface area (Å²) in [6, 6.07) is 16.7. The van der Waals surface area contributed by atoms with Gasteiger partial charge in [-0.15, -0.1) is 11.3 Å². The van der Waals surface area contributed by atoms with Gasteiger partial charge in [-0.2, -0.15) is 5.26 Å². The third kappa shape index (κ3) is 6.59. The highest BCUT2D eigenvalue weighted by atomic mass is 35.5. The molecule has 2 aromatic carbocycles. The molecule has 0 amide bonds. The Morgan fingerprint density at radius 1 is 0.939 bits per heavy atom. The van der Waals surface area contributed by atoms with E-state index in [4.69, 9.17) is 23.2 Å². The zero-order valence-corrected chi connectivity index (χ0v) is 21.0. The summed E-state index contributed by atoms with van der Waals surface area (Å²) < 4.78 is 51.5. The fraction of sp³-hybridized carbons (Fsp3) is 0.136. The largest absolute Gasteiger partial charge is 0.370 e. The predicted octanol–water partition coefficient (Wildman–Crippen LogP) is 5.17. The van der Waals surface area contributed by atoms with Crippen LogP contribution in [0.1, 0.15) is 4.88 Å². The first-order valence-electron chi connectivity index (χ1n) is 9.49. The van der Waals surface area contributed by atoms with Crippen molar-refractivity contribution in [1.82, 2.24) is 4.90 Å². The zero-order valence-electron chi connectivity index (χ0n) is 17.1. The molecule has 0 spiro atoms. The summed E-state index contributed by atoms with van der Waals surface area (Å²) in [5.74, 6) is -0.282. The number of sulfone groups is 2. The number of nitrogens with zero attached hydrogens (tertiary/aromatic N) is 2. The Morgan fingerprint density at radius 2 is 1.52 bits per heavy atom. The Bertz CT molecular complexity index is 1380. The third-order valence-corrected chi connectivity index (χ3v) is 9.33. The van der Waals surface area contributed by atoms with E-state index in [9.17, 15) is 22.1 Å². The molecular weight excluding hydrogens is 523 g/mol. The van der Waals surface area contributed by atoms with Gasteiger partial charge < -0.3 is 4.90 Å². The Labute approximate surface area is 207 Å². The molecule has 3 rings (SSSR count). The van der Waals surface area contributed by atoms with Gasteiger partial charge in [0.05, 0.1) is 22.1 Å². The second-order valence-electron chi connectivity index (χ2n) is 6.89. The van der Waals surface area contributed by atoms with Gasteiger partial charge in [0.15, 0.2) is 14.7 Å². The van der Waals surface area contributed by atoms with Crippen molar-refractivity contribution in [3.63, 3.8) is 0 Å². The first-order chi connectivity index (χ1) is 15.6. The van der Waals surface area contributed by atoms with Crippen LogP contribution in [0.4, 0.5) is 0 Å². The van der Waals surface area contributed by atoms with Gasteiger partial charge in [-0.25, -0.2) is 16.8 Å². The van der Waals surface area contributed by atoms with Crippen LogP contribution in [-0.2, 0) is 26.2 Å². The molecule has 11 heteroatoms. The highest BCUT2D eigenvalue weighted by Crippen LogP contribution is 2.23. The van der Waals surface area contributed by atoms with E-state index in [1.807, 2.05) is 17.5 Å². The number of halogens is 2. The quantitative estimate of drug-likeness (QED) is 0.347. The molecule has 3 aromatic rings. The van der Waals surface area contributed by atoms with Gasteiger partial charge in [0, 0.05) is 27.7 Å². The molecule has 0 N–H and O–H groups in total. The number of thiophene rings is 1. The van der Waals surface area contributed by atoms with Crippen molar-refractivity contribution in [1.29, 1.82) is 5.26 Å². The lowest BCUT2D eigenvalue weighted by atomic mass is 10.4. The van der Waals surface area contributed by atoms with E-state index in [-0.39, 0.29) is 28.6 Å². The van der Waals surface area contributed by atoms with Gasteiger partial charge in [0.25, 0.3) is 0 Å². The molecule has 0 bridgehead atoms. The lowest BCUT2D eigenvalue weighted by Crippen LogP contribution is -2.25. The summed E-state index contributed by atoms with van der Waals surface area (Å²) >= 11 is 13.1. The molecule has 0 aliphatic rings. The maximum absolute atomic E-state index is 13.0. The minimum absolute atomic E-state index is 0.0236. The number of rotatable bonds is 9. The molecule has 172 valence electrons. The van der Waals surface area contributed by atoms with Crippen LogP contribution in [-0.4, -0.2) is 34.0 Å². The molecule has 0 fully saturated rings. The van der Waals surface area contributed by atoms with E-state index in [1.54, 1.807) is 6.07 Å². The average Bonchev–Trinajstić information content (AvgIpc) is 3.29. The lowest BCUT2D eigenvalue weighted by molar-refractivity contribution is 0.392. The van der Waals surface area contributed by atoms with Crippen molar-refractivity contribution in [2.75, 3.05) is 12.3 Å². The number of allylic oxidation sites excluding steroid dienone is 1. The summed E-state index contributed by atoms with van der Waals surface area (Å²) in [4.78, 5) is 1.94. The molecule has 1 aromatic heterocycles. The molecule has 0 saturated carbocycles. The first kappa shape index (κ1) is 25.3. The topological polar surface area (TPSA) is 95.3 Å². The van der Waals surface area contributed by atoms with Crippen molar-refractivity contribution >= 4 is 54.2 Å². The maximum Gasteiger partial charge on any atom is 0.218 e. The minimum Gasteiger partial charge on any atom is -0.370 e. The van der Waals surface area contributed by atoms with Gasteiger partial charge in [0.1, 0.15) is 6.07 Å². The van der Waals surface area contributed by atoms with Gasteiger partial charge in [-0.05, 0) is 60.0 Å². The zero-order chi connectivity index (χ0) is 24.1. The van der Waals surface area contributed by atoms with Gasteiger partial charge in [-0.1, -0.05) is 29.3 Å². The molecule has 0 saturated heterocycles. The van der Waals surface area contributed by atoms with Crippen LogP contribution in [0.5, 0.6) is 0 Å². The molecule has 0 radical (unpaired) electrons. The van der Waals surface area contributed by atoms with E-state index >= 15 is 0 Å². The van der Waals surface area contributed by atoms with Crippen LogP contribution in [0.25, 0.3) is 0 Å². The van der Waals surface area contributed by atoms with Crippen molar-refractivity contribution in [2.24, 2.45) is 0 Å². The van der Waals surface area contributed by atoms with Gasteiger partial charge >= 0.3 is 0 Å².